The molecule has 1 N–H and O–H groups in total. The molecule has 7 heteroatoms. The predicted octanol–water partition coefficient (Wildman–Crippen LogP) is 4.38. The molecule has 0 saturated carbocycles. The van der Waals surface area contributed by atoms with Crippen LogP contribution >= 0.6 is 0 Å². The van der Waals surface area contributed by atoms with Crippen LogP contribution in [0, 0.1) is 5.82 Å². The molecule has 4 rings (SSSR count). The van der Waals surface area contributed by atoms with E-state index >= 15 is 0 Å². The minimum Gasteiger partial charge on any atom is -0.439 e. The summed E-state index contributed by atoms with van der Waals surface area (Å²) in [6.45, 7) is 0.844. The molecule has 1 unspecified atom stereocenters. The predicted molar refractivity (Wildman–Crippen MR) is 117 cm³/mol. The Kier molecular flexibility index (Phi) is 6.75. The number of nitrogens with one attached hydrogen (secondary N) is 1. The Labute approximate surface area is 186 Å². The average molecular weight is 433 g/mol. The van der Waals surface area contributed by atoms with Crippen molar-refractivity contribution in [3.63, 3.8) is 0 Å². The fourth-order valence-corrected chi connectivity index (χ4v) is 3.69. The molecule has 2 amide bonds. The van der Waals surface area contributed by atoms with Gasteiger partial charge >= 0.3 is 0 Å². The number of carbonyl (C=O) groups excluding carboxylic acids is 2. The van der Waals surface area contributed by atoms with Gasteiger partial charge in [-0.1, -0.05) is 36.4 Å². The summed E-state index contributed by atoms with van der Waals surface area (Å²) in [6, 6.07) is 17.9. The van der Waals surface area contributed by atoms with Crippen molar-refractivity contribution in [2.45, 2.75) is 31.8 Å². The van der Waals surface area contributed by atoms with E-state index in [9.17, 15) is 14.0 Å². The standard InChI is InChI=1S/C25H24FN3O3/c26-20-10-12-21(13-11-20)32-22-14-9-18(16-27-22)17-28-25(31)24(19-6-2-1-3-7-19)29-15-5-4-8-23(29)30/h1-3,6-7,9-14,16,24H,4-5,8,15,17H2,(H,28,31). The van der Waals surface area contributed by atoms with Crippen LogP contribution in [-0.4, -0.2) is 28.2 Å². The van der Waals surface area contributed by atoms with Gasteiger partial charge in [-0.05, 0) is 48.2 Å². The summed E-state index contributed by atoms with van der Waals surface area (Å²) >= 11 is 0. The number of pyridine rings is 1. The van der Waals surface area contributed by atoms with Gasteiger partial charge < -0.3 is 15.0 Å². The maximum Gasteiger partial charge on any atom is 0.247 e. The first-order chi connectivity index (χ1) is 15.6. The SMILES string of the molecule is O=C(NCc1ccc(Oc2ccc(F)cc2)nc1)C(c1ccccc1)N1CCCCC1=O. The Morgan fingerprint density at radius 1 is 1.06 bits per heavy atom. The third kappa shape index (κ3) is 5.29. The van der Waals surface area contributed by atoms with Gasteiger partial charge in [0.05, 0.1) is 0 Å². The molecule has 0 aliphatic carbocycles. The van der Waals surface area contributed by atoms with Crippen molar-refractivity contribution in [2.24, 2.45) is 0 Å². The highest BCUT2D eigenvalue weighted by atomic mass is 19.1. The number of ether oxygens (including phenoxy) is 1. The number of rotatable bonds is 7. The van der Waals surface area contributed by atoms with Crippen LogP contribution in [0.4, 0.5) is 4.39 Å². The number of carbonyl (C=O) groups is 2. The van der Waals surface area contributed by atoms with Gasteiger partial charge in [-0.2, -0.15) is 0 Å². The van der Waals surface area contributed by atoms with E-state index in [2.05, 4.69) is 10.3 Å². The van der Waals surface area contributed by atoms with Crippen LogP contribution in [0.15, 0.2) is 72.9 Å². The van der Waals surface area contributed by atoms with Crippen molar-refractivity contribution >= 4 is 11.8 Å². The average Bonchev–Trinajstić information content (AvgIpc) is 2.82. The minimum atomic E-state index is -0.655. The molecule has 2 heterocycles. The molecule has 1 aliphatic rings. The van der Waals surface area contributed by atoms with Gasteiger partial charge in [0.25, 0.3) is 0 Å². The van der Waals surface area contributed by atoms with E-state index in [1.54, 1.807) is 23.2 Å². The maximum absolute atomic E-state index is 13.1. The number of benzene rings is 2. The summed E-state index contributed by atoms with van der Waals surface area (Å²) < 4.78 is 18.6. The smallest absolute Gasteiger partial charge is 0.247 e. The van der Waals surface area contributed by atoms with Crippen molar-refractivity contribution in [1.82, 2.24) is 15.2 Å². The van der Waals surface area contributed by atoms with E-state index < -0.39 is 6.04 Å². The number of likely N-dealkylation sites (tertiary alicyclic amines) is 1. The van der Waals surface area contributed by atoms with Crippen LogP contribution in [0.1, 0.15) is 36.4 Å². The quantitative estimate of drug-likeness (QED) is 0.600. The van der Waals surface area contributed by atoms with E-state index in [0.29, 0.717) is 24.6 Å². The third-order valence-corrected chi connectivity index (χ3v) is 5.34. The zero-order valence-corrected chi connectivity index (χ0v) is 17.5. The molecular weight excluding hydrogens is 409 g/mol. The van der Waals surface area contributed by atoms with Gasteiger partial charge in [0.15, 0.2) is 0 Å². The normalized spacial score (nSPS) is 14.7. The van der Waals surface area contributed by atoms with E-state index in [0.717, 1.165) is 24.0 Å². The zero-order valence-electron chi connectivity index (χ0n) is 17.5. The van der Waals surface area contributed by atoms with Gasteiger partial charge in [0.1, 0.15) is 17.6 Å². The Morgan fingerprint density at radius 3 is 2.53 bits per heavy atom. The number of halogens is 1. The van der Waals surface area contributed by atoms with Crippen molar-refractivity contribution in [2.75, 3.05) is 6.54 Å². The monoisotopic (exact) mass is 433 g/mol. The molecule has 164 valence electrons. The second-order valence-electron chi connectivity index (χ2n) is 7.64. The van der Waals surface area contributed by atoms with E-state index in [1.165, 1.54) is 24.3 Å². The van der Waals surface area contributed by atoms with Gasteiger partial charge in [0.2, 0.25) is 17.7 Å². The van der Waals surface area contributed by atoms with Crippen LogP contribution in [0.25, 0.3) is 0 Å². The van der Waals surface area contributed by atoms with Crippen LogP contribution in [0.5, 0.6) is 11.6 Å². The lowest BCUT2D eigenvalue weighted by atomic mass is 10.0. The highest BCUT2D eigenvalue weighted by Crippen LogP contribution is 2.26. The lowest BCUT2D eigenvalue weighted by molar-refractivity contribution is -0.142. The Morgan fingerprint density at radius 2 is 1.84 bits per heavy atom. The molecule has 0 radical (unpaired) electrons. The summed E-state index contributed by atoms with van der Waals surface area (Å²) in [7, 11) is 0. The number of nitrogens with zero attached hydrogens (tertiary/aromatic N) is 2. The summed E-state index contributed by atoms with van der Waals surface area (Å²) in [5.74, 6) is 0.295. The lowest BCUT2D eigenvalue weighted by Crippen LogP contribution is -2.45. The lowest BCUT2D eigenvalue weighted by Gasteiger charge is -2.34. The first-order valence-electron chi connectivity index (χ1n) is 10.6. The zero-order chi connectivity index (χ0) is 22.3. The van der Waals surface area contributed by atoms with Crippen molar-refractivity contribution in [3.05, 3.63) is 89.9 Å². The fraction of sp³-hybridized carbons (Fsp3) is 0.240. The first-order valence-corrected chi connectivity index (χ1v) is 10.6. The highest BCUT2D eigenvalue weighted by Gasteiger charge is 2.32. The largest absolute Gasteiger partial charge is 0.439 e. The third-order valence-electron chi connectivity index (χ3n) is 5.34. The second kappa shape index (κ2) is 10.0. The Hall–Kier alpha value is -3.74. The topological polar surface area (TPSA) is 71.5 Å². The van der Waals surface area contributed by atoms with Crippen molar-refractivity contribution < 1.29 is 18.7 Å². The Bertz CT molecular complexity index is 1060. The molecule has 6 nitrogen and oxygen atoms in total. The Balaban J connectivity index is 1.41. The summed E-state index contributed by atoms with van der Waals surface area (Å²) in [4.78, 5) is 31.5. The van der Waals surface area contributed by atoms with Crippen LogP contribution in [0.3, 0.4) is 0 Å². The van der Waals surface area contributed by atoms with Crippen molar-refractivity contribution in [3.8, 4) is 11.6 Å². The molecule has 1 saturated heterocycles. The summed E-state index contributed by atoms with van der Waals surface area (Å²) in [5, 5.41) is 2.94. The van der Waals surface area contributed by atoms with Crippen LogP contribution in [-0.2, 0) is 16.1 Å². The molecule has 0 bridgehead atoms. The molecule has 1 atom stereocenters. The molecule has 2 aromatic carbocycles. The molecule has 1 fully saturated rings. The molecular formula is C25H24FN3O3. The number of aromatic nitrogens is 1. The van der Waals surface area contributed by atoms with E-state index in [4.69, 9.17) is 4.74 Å². The molecule has 32 heavy (non-hydrogen) atoms. The second-order valence-corrected chi connectivity index (χ2v) is 7.64. The molecule has 1 aromatic heterocycles. The minimum absolute atomic E-state index is 0.00390. The molecule has 0 spiro atoms. The van der Waals surface area contributed by atoms with Gasteiger partial charge in [0, 0.05) is 31.8 Å². The van der Waals surface area contributed by atoms with E-state index in [1.807, 2.05) is 30.3 Å². The number of hydrogen-bond acceptors (Lipinski definition) is 4. The number of amides is 2. The number of hydrogen-bond donors (Lipinski definition) is 1. The fourth-order valence-electron chi connectivity index (χ4n) is 3.69. The van der Waals surface area contributed by atoms with Gasteiger partial charge in [-0.15, -0.1) is 0 Å². The van der Waals surface area contributed by atoms with Crippen molar-refractivity contribution in [1.29, 1.82) is 0 Å². The van der Waals surface area contributed by atoms with Crippen LogP contribution < -0.4 is 10.1 Å². The molecule has 3 aromatic rings. The summed E-state index contributed by atoms with van der Waals surface area (Å²) in [6.07, 6.45) is 3.83. The highest BCUT2D eigenvalue weighted by molar-refractivity contribution is 5.89. The van der Waals surface area contributed by atoms with Crippen LogP contribution in [0.2, 0.25) is 0 Å². The molecule has 1 aliphatic heterocycles. The maximum atomic E-state index is 13.1. The number of piperidine rings is 1. The van der Waals surface area contributed by atoms with Gasteiger partial charge in [-0.25, -0.2) is 9.37 Å². The van der Waals surface area contributed by atoms with Gasteiger partial charge in [-0.3, -0.25) is 9.59 Å². The first kappa shape index (κ1) is 21.5. The summed E-state index contributed by atoms with van der Waals surface area (Å²) in [5.41, 5.74) is 1.59. The van der Waals surface area contributed by atoms with E-state index in [-0.39, 0.29) is 24.2 Å².